The van der Waals surface area contributed by atoms with Gasteiger partial charge in [-0.2, -0.15) is 0 Å². The normalized spacial score (nSPS) is 27.9. The molecule has 1 aromatic rings. The fourth-order valence-electron chi connectivity index (χ4n) is 1.73. The molecule has 1 N–H and O–H groups in total. The summed E-state index contributed by atoms with van der Waals surface area (Å²) in [6.07, 6.45) is 5.20. The first-order valence-electron chi connectivity index (χ1n) is 5.20. The van der Waals surface area contributed by atoms with Crippen molar-refractivity contribution in [3.05, 3.63) is 18.2 Å². The molecule has 1 fully saturated rings. The lowest BCUT2D eigenvalue weighted by molar-refractivity contribution is 0.488. The van der Waals surface area contributed by atoms with Gasteiger partial charge in [-0.15, -0.1) is 11.8 Å². The first-order valence-corrected chi connectivity index (χ1v) is 6.25. The van der Waals surface area contributed by atoms with Gasteiger partial charge < -0.3 is 4.57 Å². The molecule has 2 unspecified atom stereocenters. The Labute approximate surface area is 89.3 Å². The number of aryl methyl sites for hydroxylation is 1. The molecule has 0 aliphatic carbocycles. The predicted octanol–water partition coefficient (Wildman–Crippen LogP) is 2.02. The van der Waals surface area contributed by atoms with E-state index in [4.69, 9.17) is 0 Å². The van der Waals surface area contributed by atoms with E-state index in [9.17, 15) is 0 Å². The molecule has 0 bridgehead atoms. The van der Waals surface area contributed by atoms with Crippen molar-refractivity contribution in [1.29, 1.82) is 0 Å². The van der Waals surface area contributed by atoms with E-state index in [-0.39, 0.29) is 0 Å². The zero-order valence-electron chi connectivity index (χ0n) is 8.73. The van der Waals surface area contributed by atoms with Crippen LogP contribution < -0.4 is 5.32 Å². The summed E-state index contributed by atoms with van der Waals surface area (Å²) in [7, 11) is 0. The van der Waals surface area contributed by atoms with E-state index in [0.717, 1.165) is 6.54 Å². The second-order valence-electron chi connectivity index (χ2n) is 3.68. The van der Waals surface area contributed by atoms with Crippen molar-refractivity contribution in [2.75, 3.05) is 5.75 Å². The number of thioether (sulfide) groups is 1. The van der Waals surface area contributed by atoms with Crippen molar-refractivity contribution in [2.24, 2.45) is 0 Å². The zero-order valence-corrected chi connectivity index (χ0v) is 9.55. The van der Waals surface area contributed by atoms with Crippen LogP contribution in [0.3, 0.4) is 0 Å². The SMILES string of the molecule is CCn1ccnc1C1NC(C)CCS1. The van der Waals surface area contributed by atoms with Gasteiger partial charge in [0, 0.05) is 25.0 Å². The Kier molecular flexibility index (Phi) is 3.13. The summed E-state index contributed by atoms with van der Waals surface area (Å²) < 4.78 is 2.21. The van der Waals surface area contributed by atoms with E-state index in [2.05, 4.69) is 34.9 Å². The minimum atomic E-state index is 0.383. The fraction of sp³-hybridized carbons (Fsp3) is 0.700. The molecule has 2 atom stereocenters. The van der Waals surface area contributed by atoms with Crippen LogP contribution in [0.25, 0.3) is 0 Å². The lowest BCUT2D eigenvalue weighted by Gasteiger charge is -2.28. The number of nitrogens with zero attached hydrogens (tertiary/aromatic N) is 2. The minimum absolute atomic E-state index is 0.383. The van der Waals surface area contributed by atoms with Crippen LogP contribution in [0, 0.1) is 0 Å². The van der Waals surface area contributed by atoms with E-state index in [1.165, 1.54) is 18.0 Å². The van der Waals surface area contributed by atoms with Crippen LogP contribution in [0.2, 0.25) is 0 Å². The Bertz CT molecular complexity index is 297. The quantitative estimate of drug-likeness (QED) is 0.811. The molecule has 1 aliphatic heterocycles. The largest absolute Gasteiger partial charge is 0.333 e. The maximum absolute atomic E-state index is 4.42. The number of hydrogen-bond acceptors (Lipinski definition) is 3. The molecule has 4 heteroatoms. The van der Waals surface area contributed by atoms with Gasteiger partial charge in [0.2, 0.25) is 0 Å². The van der Waals surface area contributed by atoms with Crippen molar-refractivity contribution >= 4 is 11.8 Å². The smallest absolute Gasteiger partial charge is 0.136 e. The summed E-state index contributed by atoms with van der Waals surface area (Å²) in [4.78, 5) is 4.42. The number of aromatic nitrogens is 2. The van der Waals surface area contributed by atoms with Crippen molar-refractivity contribution < 1.29 is 0 Å². The molecule has 78 valence electrons. The van der Waals surface area contributed by atoms with Crippen molar-refractivity contribution in [3.8, 4) is 0 Å². The Morgan fingerprint density at radius 2 is 2.57 bits per heavy atom. The number of imidazole rings is 1. The molecule has 0 aromatic carbocycles. The third-order valence-corrected chi connectivity index (χ3v) is 3.75. The Morgan fingerprint density at radius 3 is 3.29 bits per heavy atom. The third-order valence-electron chi connectivity index (χ3n) is 2.59. The van der Waals surface area contributed by atoms with E-state index >= 15 is 0 Å². The molecule has 0 amide bonds. The molecule has 2 rings (SSSR count). The molecule has 1 aromatic heterocycles. The predicted molar refractivity (Wildman–Crippen MR) is 60.3 cm³/mol. The van der Waals surface area contributed by atoms with E-state index in [1.807, 2.05) is 18.0 Å². The van der Waals surface area contributed by atoms with Crippen LogP contribution in [0.15, 0.2) is 12.4 Å². The van der Waals surface area contributed by atoms with Crippen molar-refractivity contribution in [3.63, 3.8) is 0 Å². The Balaban J connectivity index is 2.13. The van der Waals surface area contributed by atoms with Gasteiger partial charge in [-0.25, -0.2) is 4.98 Å². The first-order chi connectivity index (χ1) is 6.81. The Morgan fingerprint density at radius 1 is 1.71 bits per heavy atom. The van der Waals surface area contributed by atoms with Crippen LogP contribution in [0.5, 0.6) is 0 Å². The highest BCUT2D eigenvalue weighted by Gasteiger charge is 2.22. The van der Waals surface area contributed by atoms with Gasteiger partial charge in [0.05, 0.1) is 0 Å². The first kappa shape index (κ1) is 10.1. The van der Waals surface area contributed by atoms with Gasteiger partial charge in [-0.3, -0.25) is 5.32 Å². The molecule has 14 heavy (non-hydrogen) atoms. The fourth-order valence-corrected chi connectivity index (χ4v) is 3.13. The molecule has 3 nitrogen and oxygen atoms in total. The summed E-state index contributed by atoms with van der Waals surface area (Å²) in [5.74, 6) is 2.40. The highest BCUT2D eigenvalue weighted by Crippen LogP contribution is 2.30. The maximum atomic E-state index is 4.42. The average molecular weight is 211 g/mol. The van der Waals surface area contributed by atoms with E-state index in [0.29, 0.717) is 11.4 Å². The number of hydrogen-bond donors (Lipinski definition) is 1. The van der Waals surface area contributed by atoms with Crippen LogP contribution >= 0.6 is 11.8 Å². The number of nitrogens with one attached hydrogen (secondary N) is 1. The highest BCUT2D eigenvalue weighted by molar-refractivity contribution is 7.99. The minimum Gasteiger partial charge on any atom is -0.333 e. The van der Waals surface area contributed by atoms with Gasteiger partial charge >= 0.3 is 0 Å². The van der Waals surface area contributed by atoms with E-state index < -0.39 is 0 Å². The van der Waals surface area contributed by atoms with Crippen molar-refractivity contribution in [2.45, 2.75) is 38.2 Å². The van der Waals surface area contributed by atoms with Gasteiger partial charge in [0.25, 0.3) is 0 Å². The third kappa shape index (κ3) is 1.96. The summed E-state index contributed by atoms with van der Waals surface area (Å²) in [5, 5.41) is 3.96. The Hall–Kier alpha value is -0.480. The van der Waals surface area contributed by atoms with Gasteiger partial charge in [0.1, 0.15) is 11.2 Å². The summed E-state index contributed by atoms with van der Waals surface area (Å²) in [6, 6.07) is 0.614. The van der Waals surface area contributed by atoms with Gasteiger partial charge in [-0.1, -0.05) is 0 Å². The maximum Gasteiger partial charge on any atom is 0.136 e. The van der Waals surface area contributed by atoms with Crippen molar-refractivity contribution in [1.82, 2.24) is 14.9 Å². The average Bonchev–Trinajstić information content (AvgIpc) is 2.65. The molecule has 1 aliphatic rings. The summed E-state index contributed by atoms with van der Waals surface area (Å²) >= 11 is 1.96. The summed E-state index contributed by atoms with van der Waals surface area (Å²) in [6.45, 7) is 5.40. The molecule has 0 spiro atoms. The standard InChI is InChI=1S/C10H17N3S/c1-3-13-6-5-11-9(13)10-12-8(2)4-7-14-10/h5-6,8,10,12H,3-4,7H2,1-2H3. The van der Waals surface area contributed by atoms with Crippen LogP contribution in [-0.2, 0) is 6.54 Å². The monoisotopic (exact) mass is 211 g/mol. The second kappa shape index (κ2) is 4.36. The molecule has 2 heterocycles. The summed E-state index contributed by atoms with van der Waals surface area (Å²) in [5.41, 5.74) is 0. The van der Waals surface area contributed by atoms with Crippen LogP contribution in [-0.4, -0.2) is 21.3 Å². The zero-order chi connectivity index (χ0) is 9.97. The topological polar surface area (TPSA) is 29.9 Å². The lowest BCUT2D eigenvalue weighted by Crippen LogP contribution is -2.34. The number of rotatable bonds is 2. The second-order valence-corrected chi connectivity index (χ2v) is 4.89. The van der Waals surface area contributed by atoms with Crippen LogP contribution in [0.1, 0.15) is 31.5 Å². The van der Waals surface area contributed by atoms with E-state index in [1.54, 1.807) is 0 Å². The lowest BCUT2D eigenvalue weighted by atomic mass is 10.2. The molecule has 0 saturated carbocycles. The highest BCUT2D eigenvalue weighted by atomic mass is 32.2. The van der Waals surface area contributed by atoms with Gasteiger partial charge in [0.15, 0.2) is 0 Å². The molecule has 0 radical (unpaired) electrons. The van der Waals surface area contributed by atoms with Gasteiger partial charge in [-0.05, 0) is 26.0 Å². The molecular weight excluding hydrogens is 194 g/mol. The molecular formula is C10H17N3S. The molecule has 1 saturated heterocycles. The van der Waals surface area contributed by atoms with Crippen LogP contribution in [0.4, 0.5) is 0 Å².